The van der Waals surface area contributed by atoms with Crippen molar-refractivity contribution in [3.8, 4) is 11.5 Å². The number of Topliss-reactive ketones (excluding diaryl/α,β-unsaturated/α-hetero) is 1. The maximum Gasteiger partial charge on any atom is 0.290 e. The van der Waals surface area contributed by atoms with Gasteiger partial charge in [-0.2, -0.15) is 0 Å². The van der Waals surface area contributed by atoms with Gasteiger partial charge in [-0.1, -0.05) is 26.3 Å². The predicted octanol–water partition coefficient (Wildman–Crippen LogP) is 3.41. The Morgan fingerprint density at radius 3 is 2.69 bits per heavy atom. The number of rotatable bonds is 8. The number of carbonyl (C=O) groups excluding carboxylic acids is 2. The first-order valence-electron chi connectivity index (χ1n) is 11.6. The van der Waals surface area contributed by atoms with Crippen LogP contribution in [0.5, 0.6) is 11.5 Å². The summed E-state index contributed by atoms with van der Waals surface area (Å²) in [5.74, 6) is 1.32. The topological polar surface area (TPSA) is 85.3 Å². The number of amides is 1. The second kappa shape index (κ2) is 9.53. The fourth-order valence-corrected chi connectivity index (χ4v) is 4.94. The lowest BCUT2D eigenvalue weighted by atomic mass is 9.77. The van der Waals surface area contributed by atoms with Crippen LogP contribution in [-0.2, 0) is 14.3 Å². The number of aliphatic hydroxyl groups is 1. The number of fused-ring (bicyclic) bond motifs is 1. The van der Waals surface area contributed by atoms with E-state index in [4.69, 9.17) is 14.2 Å². The van der Waals surface area contributed by atoms with Gasteiger partial charge in [0, 0.05) is 13.2 Å². The highest BCUT2D eigenvalue weighted by Gasteiger charge is 2.51. The van der Waals surface area contributed by atoms with Crippen molar-refractivity contribution in [2.24, 2.45) is 11.8 Å². The zero-order valence-corrected chi connectivity index (χ0v) is 19.1. The van der Waals surface area contributed by atoms with Gasteiger partial charge in [-0.3, -0.25) is 9.59 Å². The highest BCUT2D eigenvalue weighted by Crippen LogP contribution is 2.47. The molecule has 1 amide bonds. The molecule has 0 spiro atoms. The van der Waals surface area contributed by atoms with E-state index in [0.29, 0.717) is 42.6 Å². The maximum atomic E-state index is 13.6. The van der Waals surface area contributed by atoms with E-state index >= 15 is 0 Å². The molecular weight excluding hydrogens is 410 g/mol. The van der Waals surface area contributed by atoms with E-state index in [1.165, 1.54) is 0 Å². The lowest BCUT2D eigenvalue weighted by Gasteiger charge is -2.35. The van der Waals surface area contributed by atoms with Gasteiger partial charge >= 0.3 is 0 Å². The van der Waals surface area contributed by atoms with Gasteiger partial charge in [-0.15, -0.1) is 0 Å². The smallest absolute Gasteiger partial charge is 0.290 e. The van der Waals surface area contributed by atoms with E-state index in [2.05, 4.69) is 13.8 Å². The van der Waals surface area contributed by atoms with Crippen LogP contribution in [0.15, 0.2) is 29.5 Å². The molecule has 3 unspecified atom stereocenters. The van der Waals surface area contributed by atoms with Crippen LogP contribution >= 0.6 is 0 Å². The van der Waals surface area contributed by atoms with Crippen LogP contribution in [0.2, 0.25) is 0 Å². The minimum Gasteiger partial charge on any atom is -0.493 e. The van der Waals surface area contributed by atoms with Gasteiger partial charge in [-0.05, 0) is 49.3 Å². The van der Waals surface area contributed by atoms with Crippen LogP contribution in [0.1, 0.15) is 57.6 Å². The summed E-state index contributed by atoms with van der Waals surface area (Å²) in [6.07, 6.45) is 3.83. The minimum atomic E-state index is -0.549. The third-order valence-electron chi connectivity index (χ3n) is 6.49. The lowest BCUT2D eigenvalue weighted by molar-refractivity contribution is -0.135. The van der Waals surface area contributed by atoms with Crippen LogP contribution in [0.25, 0.3) is 0 Å². The van der Waals surface area contributed by atoms with Gasteiger partial charge in [0.05, 0.1) is 31.2 Å². The quantitative estimate of drug-likeness (QED) is 0.663. The molecule has 2 aliphatic heterocycles. The molecule has 0 saturated heterocycles. The number of methoxy groups -OCH3 is 1. The Kier molecular flexibility index (Phi) is 6.74. The molecule has 174 valence electrons. The van der Waals surface area contributed by atoms with Crippen molar-refractivity contribution >= 4 is 11.7 Å². The molecule has 7 nitrogen and oxygen atoms in total. The molecule has 32 heavy (non-hydrogen) atoms. The zero-order valence-electron chi connectivity index (χ0n) is 19.1. The fraction of sp³-hybridized carbons (Fsp3) is 0.600. The predicted molar refractivity (Wildman–Crippen MR) is 118 cm³/mol. The summed E-state index contributed by atoms with van der Waals surface area (Å²) in [7, 11) is 1.58. The van der Waals surface area contributed by atoms with E-state index in [1.807, 2.05) is 18.2 Å². The van der Waals surface area contributed by atoms with E-state index in [0.717, 1.165) is 31.2 Å². The number of carbonyl (C=O) groups is 2. The first-order chi connectivity index (χ1) is 15.5. The van der Waals surface area contributed by atoms with Gasteiger partial charge in [-0.25, -0.2) is 0 Å². The molecule has 7 heteroatoms. The van der Waals surface area contributed by atoms with E-state index in [9.17, 15) is 14.7 Å². The van der Waals surface area contributed by atoms with Crippen LogP contribution in [0.3, 0.4) is 0 Å². The Morgan fingerprint density at radius 1 is 1.19 bits per heavy atom. The standard InChI is InChI=1S/C25H33NO6/c1-15(2)14-31-19-10-9-16(13-20(19)30-3)22-21-23(28)17-7-4-5-8-18(17)32-24(21)25(29)26(22)11-6-12-27/h9-10,13,15,17-18,22,27H,4-8,11-12,14H2,1-3H3. The minimum absolute atomic E-state index is 0.0277. The molecule has 1 aliphatic carbocycles. The van der Waals surface area contributed by atoms with Gasteiger partial charge in [0.15, 0.2) is 23.0 Å². The maximum absolute atomic E-state index is 13.6. The number of hydrogen-bond acceptors (Lipinski definition) is 6. The molecule has 1 saturated carbocycles. The summed E-state index contributed by atoms with van der Waals surface area (Å²) < 4.78 is 17.6. The van der Waals surface area contributed by atoms with E-state index in [1.54, 1.807) is 12.0 Å². The van der Waals surface area contributed by atoms with Crippen LogP contribution in [0.4, 0.5) is 0 Å². The van der Waals surface area contributed by atoms with E-state index in [-0.39, 0.29) is 36.1 Å². The highest BCUT2D eigenvalue weighted by molar-refractivity contribution is 6.11. The highest BCUT2D eigenvalue weighted by atomic mass is 16.5. The molecular formula is C25H33NO6. The Morgan fingerprint density at radius 2 is 1.97 bits per heavy atom. The van der Waals surface area contributed by atoms with Crippen LogP contribution in [0, 0.1) is 11.8 Å². The molecule has 3 aliphatic rings. The molecule has 1 fully saturated rings. The Balaban J connectivity index is 1.73. The first kappa shape index (κ1) is 22.6. The number of benzene rings is 1. The van der Waals surface area contributed by atoms with Gasteiger partial charge < -0.3 is 24.2 Å². The van der Waals surface area contributed by atoms with Crippen molar-refractivity contribution in [3.05, 3.63) is 35.1 Å². The molecule has 3 atom stereocenters. The molecule has 0 aromatic heterocycles. The summed E-state index contributed by atoms with van der Waals surface area (Å²) in [5, 5.41) is 9.38. The third-order valence-corrected chi connectivity index (χ3v) is 6.49. The Labute approximate surface area is 189 Å². The van der Waals surface area contributed by atoms with Crippen molar-refractivity contribution in [3.63, 3.8) is 0 Å². The van der Waals surface area contributed by atoms with Crippen molar-refractivity contribution in [1.82, 2.24) is 4.90 Å². The fourth-order valence-electron chi connectivity index (χ4n) is 4.94. The third kappa shape index (κ3) is 4.10. The van der Waals surface area contributed by atoms with Crippen LogP contribution in [-0.4, -0.2) is 54.7 Å². The molecule has 1 N–H and O–H groups in total. The number of hydrogen-bond donors (Lipinski definition) is 1. The monoisotopic (exact) mass is 443 g/mol. The number of ether oxygens (including phenoxy) is 3. The van der Waals surface area contributed by atoms with Crippen molar-refractivity contribution in [2.45, 2.75) is 58.1 Å². The molecule has 4 rings (SSSR count). The van der Waals surface area contributed by atoms with Gasteiger partial charge in [0.1, 0.15) is 6.10 Å². The van der Waals surface area contributed by atoms with Gasteiger partial charge in [0.2, 0.25) is 0 Å². The summed E-state index contributed by atoms with van der Waals surface area (Å²) in [5.41, 5.74) is 1.23. The number of nitrogens with zero attached hydrogens (tertiary/aromatic N) is 1. The average Bonchev–Trinajstić information content (AvgIpc) is 3.08. The summed E-state index contributed by atoms with van der Waals surface area (Å²) in [4.78, 5) is 28.5. The molecule has 2 heterocycles. The van der Waals surface area contributed by atoms with Gasteiger partial charge in [0.25, 0.3) is 5.91 Å². The molecule has 1 aromatic rings. The Hall–Kier alpha value is -2.54. The van der Waals surface area contributed by atoms with Crippen molar-refractivity contribution in [1.29, 1.82) is 0 Å². The molecule has 1 aromatic carbocycles. The Bertz CT molecular complexity index is 908. The normalized spacial score (nSPS) is 25.0. The summed E-state index contributed by atoms with van der Waals surface area (Å²) >= 11 is 0. The SMILES string of the molecule is COc1cc(C2C3=C(OC4CCCCC4C3=O)C(=O)N2CCCO)ccc1OCC(C)C. The van der Waals surface area contributed by atoms with E-state index < -0.39 is 6.04 Å². The largest absolute Gasteiger partial charge is 0.493 e. The zero-order chi connectivity index (χ0) is 22.8. The lowest BCUT2D eigenvalue weighted by Crippen LogP contribution is -2.39. The summed E-state index contributed by atoms with van der Waals surface area (Å²) in [6, 6.07) is 5.02. The summed E-state index contributed by atoms with van der Waals surface area (Å²) in [6.45, 7) is 5.01. The first-order valence-corrected chi connectivity index (χ1v) is 11.6. The molecule has 0 radical (unpaired) electrons. The second-order valence-electron chi connectivity index (χ2n) is 9.25. The van der Waals surface area contributed by atoms with Crippen molar-refractivity contribution in [2.75, 3.05) is 26.9 Å². The molecule has 0 bridgehead atoms. The second-order valence-corrected chi connectivity index (χ2v) is 9.25. The van der Waals surface area contributed by atoms with Crippen LogP contribution < -0.4 is 9.47 Å². The van der Waals surface area contributed by atoms with Crippen molar-refractivity contribution < 1.29 is 28.9 Å². The number of ketones is 1. The average molecular weight is 444 g/mol. The number of aliphatic hydroxyl groups excluding tert-OH is 1.